The van der Waals surface area contributed by atoms with E-state index in [1.807, 2.05) is 19.9 Å². The Morgan fingerprint density at radius 2 is 2.09 bits per heavy atom. The minimum Gasteiger partial charge on any atom is -0.479 e. The Kier molecular flexibility index (Phi) is 7.98. The summed E-state index contributed by atoms with van der Waals surface area (Å²) in [6, 6.07) is 3.68. The number of aromatic nitrogens is 5. The lowest BCUT2D eigenvalue weighted by atomic mass is 9.98. The largest absolute Gasteiger partial charge is 0.479 e. The molecule has 0 radical (unpaired) electrons. The number of anilines is 3. The first kappa shape index (κ1) is 25.2. The van der Waals surface area contributed by atoms with Crippen molar-refractivity contribution >= 4 is 23.4 Å². The lowest BCUT2D eigenvalue weighted by molar-refractivity contribution is 0.188. The van der Waals surface area contributed by atoms with Crippen LogP contribution in [0.4, 0.5) is 26.5 Å². The second kappa shape index (κ2) is 11.1. The number of halogens is 1. The van der Waals surface area contributed by atoms with Crippen LogP contribution in [-0.4, -0.2) is 55.4 Å². The van der Waals surface area contributed by atoms with Gasteiger partial charge in [0.05, 0.1) is 37.0 Å². The monoisotopic (exact) mass is 483 g/mol. The van der Waals surface area contributed by atoms with Crippen molar-refractivity contribution in [3.63, 3.8) is 0 Å². The third-order valence-corrected chi connectivity index (χ3v) is 5.06. The minimum atomic E-state index is -1.18. The van der Waals surface area contributed by atoms with Gasteiger partial charge in [-0.2, -0.15) is 5.26 Å². The minimum absolute atomic E-state index is 0.0247. The predicted octanol–water partition coefficient (Wildman–Crippen LogP) is 3.30. The number of carboxylic acid groups (broad SMARTS) is 1. The van der Waals surface area contributed by atoms with E-state index in [-0.39, 0.29) is 23.1 Å². The van der Waals surface area contributed by atoms with E-state index in [1.54, 1.807) is 19.2 Å². The molecule has 0 spiro atoms. The molecule has 0 fully saturated rings. The number of ether oxygens (including phenoxy) is 1. The molecule has 3 rings (SSSR count). The smallest absolute Gasteiger partial charge is 0.404 e. The molecule has 0 unspecified atom stereocenters. The van der Waals surface area contributed by atoms with Crippen LogP contribution in [0.5, 0.6) is 5.88 Å². The Bertz CT molecular complexity index is 1210. The topological polar surface area (TPSA) is 163 Å². The molecule has 0 bridgehead atoms. The van der Waals surface area contributed by atoms with Gasteiger partial charge in [0.15, 0.2) is 17.5 Å². The summed E-state index contributed by atoms with van der Waals surface area (Å²) in [5.41, 5.74) is 0.903. The molecule has 3 aromatic rings. The molecule has 12 nitrogen and oxygen atoms in total. The van der Waals surface area contributed by atoms with E-state index in [9.17, 15) is 14.4 Å². The van der Waals surface area contributed by atoms with Crippen molar-refractivity contribution < 1.29 is 19.0 Å². The molecule has 0 saturated carbocycles. The highest BCUT2D eigenvalue weighted by Crippen LogP contribution is 2.28. The Hall–Kier alpha value is -4.47. The summed E-state index contributed by atoms with van der Waals surface area (Å²) in [5.74, 6) is -0.263. The summed E-state index contributed by atoms with van der Waals surface area (Å²) in [6.45, 7) is 5.63. The zero-order valence-electron chi connectivity index (χ0n) is 19.7. The number of rotatable bonds is 10. The van der Waals surface area contributed by atoms with E-state index in [0.717, 1.165) is 6.07 Å². The Morgan fingerprint density at radius 3 is 2.69 bits per heavy atom. The van der Waals surface area contributed by atoms with Crippen LogP contribution in [0.3, 0.4) is 0 Å². The predicted molar refractivity (Wildman–Crippen MR) is 125 cm³/mol. The molecule has 0 aliphatic carbocycles. The zero-order chi connectivity index (χ0) is 25.5. The van der Waals surface area contributed by atoms with Crippen molar-refractivity contribution in [2.24, 2.45) is 5.92 Å². The highest BCUT2D eigenvalue weighted by atomic mass is 19.1. The molecular formula is C22H26FN9O3. The maximum Gasteiger partial charge on any atom is 0.404 e. The van der Waals surface area contributed by atoms with E-state index in [1.165, 1.54) is 24.2 Å². The summed E-state index contributed by atoms with van der Waals surface area (Å²) in [7, 11) is 1.47. The van der Waals surface area contributed by atoms with Crippen LogP contribution in [0, 0.1) is 23.1 Å². The number of hydrogen-bond acceptors (Lipinski definition) is 9. The normalized spacial score (nSPS) is 12.5. The van der Waals surface area contributed by atoms with Crippen LogP contribution in [0.25, 0.3) is 5.69 Å². The highest BCUT2D eigenvalue weighted by Gasteiger charge is 2.23. The lowest BCUT2D eigenvalue weighted by Crippen LogP contribution is -2.45. The second-order valence-electron chi connectivity index (χ2n) is 8.17. The number of amides is 1. The van der Waals surface area contributed by atoms with Gasteiger partial charge in [-0.05, 0) is 31.4 Å². The fourth-order valence-corrected chi connectivity index (χ4v) is 3.44. The van der Waals surface area contributed by atoms with Gasteiger partial charge in [-0.15, -0.1) is 5.10 Å². The van der Waals surface area contributed by atoms with Gasteiger partial charge in [-0.1, -0.05) is 19.1 Å². The second-order valence-corrected chi connectivity index (χ2v) is 8.17. The number of nitriles is 1. The highest BCUT2D eigenvalue weighted by molar-refractivity contribution is 5.67. The zero-order valence-corrected chi connectivity index (χ0v) is 19.7. The third kappa shape index (κ3) is 6.32. The van der Waals surface area contributed by atoms with Crippen molar-refractivity contribution in [2.75, 3.05) is 17.7 Å². The van der Waals surface area contributed by atoms with Crippen molar-refractivity contribution in [3.05, 3.63) is 42.1 Å². The molecule has 35 heavy (non-hydrogen) atoms. The molecule has 3 heterocycles. The van der Waals surface area contributed by atoms with Gasteiger partial charge in [0.1, 0.15) is 11.8 Å². The number of nitrogens with one attached hydrogen (secondary N) is 3. The number of methoxy groups -OCH3 is 1. The van der Waals surface area contributed by atoms with Crippen LogP contribution < -0.4 is 20.7 Å². The van der Waals surface area contributed by atoms with Crippen LogP contribution >= 0.6 is 0 Å². The van der Waals surface area contributed by atoms with Crippen molar-refractivity contribution in [2.45, 2.75) is 39.3 Å². The molecule has 1 amide bonds. The summed E-state index contributed by atoms with van der Waals surface area (Å²) in [5, 5.41) is 34.7. The standard InChI is InChI=1S/C22H26FN9O3/c1-12(2)7-17(13(3)27-22(33)34)29-20-16(23)8-14(10-24)19(30-20)28-15-9-18(21(35-4)25-11-15)32-6-5-26-31-32/h5-6,8-9,11-13,17,27H,7H2,1-4H3,(H,33,34)(H2,28,29,30)/t13-,17-/m0/s1. The van der Waals surface area contributed by atoms with E-state index in [2.05, 4.69) is 36.2 Å². The van der Waals surface area contributed by atoms with E-state index < -0.39 is 24.0 Å². The van der Waals surface area contributed by atoms with Gasteiger partial charge < -0.3 is 25.8 Å². The summed E-state index contributed by atoms with van der Waals surface area (Å²) >= 11 is 0. The SMILES string of the molecule is COc1ncc(Nc2nc(N[C@@H](CC(C)C)[C@H](C)NC(=O)O)c(F)cc2C#N)cc1-n1ccnn1. The molecule has 3 aromatic heterocycles. The van der Waals surface area contributed by atoms with E-state index in [0.29, 0.717) is 23.7 Å². The van der Waals surface area contributed by atoms with Crippen LogP contribution in [0.15, 0.2) is 30.7 Å². The number of pyridine rings is 2. The van der Waals surface area contributed by atoms with E-state index >= 15 is 0 Å². The molecule has 0 saturated heterocycles. The maximum atomic E-state index is 14.8. The molecule has 0 aliphatic heterocycles. The van der Waals surface area contributed by atoms with Gasteiger partial charge in [0, 0.05) is 12.1 Å². The molecule has 4 N–H and O–H groups in total. The molecule has 13 heteroatoms. The number of carbonyl (C=O) groups is 1. The van der Waals surface area contributed by atoms with Crippen molar-refractivity contribution in [3.8, 4) is 17.6 Å². The summed E-state index contributed by atoms with van der Waals surface area (Å²) in [6.07, 6.45) is 3.96. The van der Waals surface area contributed by atoms with Crippen LogP contribution in [0.1, 0.15) is 32.8 Å². The lowest BCUT2D eigenvalue weighted by Gasteiger charge is -2.27. The van der Waals surface area contributed by atoms with Gasteiger partial charge >= 0.3 is 6.09 Å². The Balaban J connectivity index is 1.94. The van der Waals surface area contributed by atoms with E-state index in [4.69, 9.17) is 9.84 Å². The molecule has 0 aliphatic rings. The average molecular weight is 484 g/mol. The van der Waals surface area contributed by atoms with Gasteiger partial charge in [-0.25, -0.2) is 23.8 Å². The van der Waals surface area contributed by atoms with Crippen molar-refractivity contribution in [1.29, 1.82) is 5.26 Å². The maximum absolute atomic E-state index is 14.8. The van der Waals surface area contributed by atoms with Gasteiger partial charge in [0.25, 0.3) is 0 Å². The molecule has 2 atom stereocenters. The van der Waals surface area contributed by atoms with Gasteiger partial charge in [0.2, 0.25) is 5.88 Å². The first-order valence-electron chi connectivity index (χ1n) is 10.8. The fourth-order valence-electron chi connectivity index (χ4n) is 3.44. The van der Waals surface area contributed by atoms with Gasteiger partial charge in [-0.3, -0.25) is 0 Å². The summed E-state index contributed by atoms with van der Waals surface area (Å²) < 4.78 is 21.6. The quantitative estimate of drug-likeness (QED) is 0.336. The molecule has 184 valence electrons. The van der Waals surface area contributed by atoms with Crippen LogP contribution in [-0.2, 0) is 0 Å². The Labute approximate surface area is 201 Å². The first-order chi connectivity index (χ1) is 16.7. The number of hydrogen-bond donors (Lipinski definition) is 4. The number of nitrogens with zero attached hydrogens (tertiary/aromatic N) is 6. The Morgan fingerprint density at radius 1 is 1.31 bits per heavy atom. The summed E-state index contributed by atoms with van der Waals surface area (Å²) in [4.78, 5) is 19.7. The fraction of sp³-hybridized carbons (Fsp3) is 0.364. The molecule has 0 aromatic carbocycles. The molecular weight excluding hydrogens is 457 g/mol. The third-order valence-electron chi connectivity index (χ3n) is 5.06. The average Bonchev–Trinajstić information content (AvgIpc) is 3.34. The van der Waals surface area contributed by atoms with Crippen LogP contribution in [0.2, 0.25) is 0 Å². The first-order valence-corrected chi connectivity index (χ1v) is 10.8. The van der Waals surface area contributed by atoms with Crippen molar-refractivity contribution in [1.82, 2.24) is 30.3 Å².